The van der Waals surface area contributed by atoms with Gasteiger partial charge in [-0.1, -0.05) is 73.1 Å². The first-order valence-corrected chi connectivity index (χ1v) is 27.7. The fraction of sp³-hybridized carbons (Fsp3) is 0.696. The fourth-order valence-electron chi connectivity index (χ4n) is 11.6. The van der Waals surface area contributed by atoms with Crippen LogP contribution in [-0.2, 0) is 63.9 Å². The van der Waals surface area contributed by atoms with E-state index in [4.69, 9.17) is 20.0 Å². The first-order valence-electron chi connectivity index (χ1n) is 27.7. The highest BCUT2D eigenvalue weighted by Gasteiger charge is 2.44. The molecule has 2 aromatic rings. The number of para-hydroxylation sites is 1. The number of aromatic amines is 1. The second kappa shape index (κ2) is 28.6. The fourth-order valence-corrected chi connectivity index (χ4v) is 11.6. The van der Waals surface area contributed by atoms with Crippen LogP contribution in [0.3, 0.4) is 0 Å². The van der Waals surface area contributed by atoms with Crippen molar-refractivity contribution in [3.05, 3.63) is 36.0 Å². The standard InChI is InChI=1S/C56H87N9O12/c1-12-34(6)50(43(75-10)30-47(69)64-28-15-19-42(64)51(76-11)35(7)53(71)60-41(52(57)70)29-37-31-58-40-18-14-13-17-39(37)40)63(9)55(73)48(32(2)3)61-54(72)49(33(4)5)62(8)27-16-20-44(66)59-38-23-21-36(22-24-38)56(74)77-65-45(67)25-26-46(65)68/h13-14,17-18,31-36,38,41-43,48-51,58H,12,15-16,19-30H2,1-11H3,(H2,57,70)(H,59,66)(H,60,71)(H,61,72)/t34-,35+,36-,38-,41-,42-,43+,48-,49-,50-,51+/m0/s1. The summed E-state index contributed by atoms with van der Waals surface area (Å²) in [6.45, 7) is 14.2. The number of methoxy groups -OCH3 is 2. The topological polar surface area (TPSA) is 272 Å². The van der Waals surface area contributed by atoms with E-state index in [0.717, 1.165) is 16.5 Å². The molecule has 1 aromatic carbocycles. The largest absolute Gasteiger partial charge is 0.379 e. The van der Waals surface area contributed by atoms with Crippen molar-refractivity contribution in [2.24, 2.45) is 35.3 Å². The Balaban J connectivity index is 1.16. The van der Waals surface area contributed by atoms with E-state index in [1.165, 1.54) is 14.2 Å². The number of benzene rings is 1. The van der Waals surface area contributed by atoms with Crippen molar-refractivity contribution in [2.75, 3.05) is 41.4 Å². The Morgan fingerprint density at radius 1 is 0.857 bits per heavy atom. The van der Waals surface area contributed by atoms with Gasteiger partial charge < -0.3 is 50.8 Å². The number of nitrogens with zero attached hydrogens (tertiary/aromatic N) is 4. The Hall–Kier alpha value is -5.93. The molecular formula is C56H87N9O12. The zero-order chi connectivity index (χ0) is 56.8. The molecule has 1 aromatic heterocycles. The van der Waals surface area contributed by atoms with Crippen molar-refractivity contribution < 1.29 is 57.5 Å². The van der Waals surface area contributed by atoms with Crippen molar-refractivity contribution in [3.63, 3.8) is 0 Å². The zero-order valence-electron chi connectivity index (χ0n) is 47.3. The molecule has 6 N–H and O–H groups in total. The van der Waals surface area contributed by atoms with Crippen LogP contribution in [-0.4, -0.2) is 168 Å². The van der Waals surface area contributed by atoms with Crippen LogP contribution in [0.2, 0.25) is 0 Å². The van der Waals surface area contributed by atoms with E-state index in [9.17, 15) is 43.2 Å². The van der Waals surface area contributed by atoms with Gasteiger partial charge in [0.15, 0.2) is 0 Å². The molecule has 2 aliphatic heterocycles. The summed E-state index contributed by atoms with van der Waals surface area (Å²) < 4.78 is 12.1. The zero-order valence-corrected chi connectivity index (χ0v) is 47.3. The van der Waals surface area contributed by atoms with Gasteiger partial charge in [0.25, 0.3) is 11.8 Å². The third-order valence-corrected chi connectivity index (χ3v) is 16.2. The van der Waals surface area contributed by atoms with Crippen LogP contribution in [0.25, 0.3) is 10.9 Å². The number of likely N-dealkylation sites (tertiary alicyclic amines) is 1. The molecule has 77 heavy (non-hydrogen) atoms. The Morgan fingerprint density at radius 2 is 1.52 bits per heavy atom. The molecule has 8 amide bonds. The van der Waals surface area contributed by atoms with Crippen molar-refractivity contribution in [3.8, 4) is 0 Å². The van der Waals surface area contributed by atoms with Gasteiger partial charge in [0.2, 0.25) is 35.4 Å². The minimum Gasteiger partial charge on any atom is -0.379 e. The molecular weight excluding hydrogens is 991 g/mol. The molecule has 9 atom stereocenters. The Morgan fingerprint density at radius 3 is 2.12 bits per heavy atom. The minimum absolute atomic E-state index is 0.0251. The molecule has 1 saturated carbocycles. The number of H-pyrrole nitrogens is 1. The summed E-state index contributed by atoms with van der Waals surface area (Å²) >= 11 is 0. The number of imide groups is 1. The normalized spacial score (nSPS) is 21.1. The number of amides is 8. The molecule has 21 nitrogen and oxygen atoms in total. The quantitative estimate of drug-likeness (QED) is 0.0761. The first-order chi connectivity index (χ1) is 36.5. The number of nitrogens with one attached hydrogen (secondary N) is 4. The Kier molecular flexibility index (Phi) is 23.0. The lowest BCUT2D eigenvalue weighted by molar-refractivity contribution is -0.201. The van der Waals surface area contributed by atoms with Crippen LogP contribution in [0, 0.1) is 29.6 Å². The predicted molar refractivity (Wildman–Crippen MR) is 288 cm³/mol. The summed E-state index contributed by atoms with van der Waals surface area (Å²) in [6.07, 6.45) is 5.13. The molecule has 0 spiro atoms. The van der Waals surface area contributed by atoms with E-state index in [1.807, 2.05) is 77.8 Å². The maximum Gasteiger partial charge on any atom is 0.336 e. The van der Waals surface area contributed by atoms with E-state index < -0.39 is 83.9 Å². The third kappa shape index (κ3) is 15.9. The van der Waals surface area contributed by atoms with E-state index in [-0.39, 0.29) is 79.5 Å². The number of hydrogen-bond donors (Lipinski definition) is 5. The summed E-state index contributed by atoms with van der Waals surface area (Å²) in [7, 11) is 6.54. The maximum absolute atomic E-state index is 14.7. The molecule has 0 radical (unpaired) electrons. The number of carbonyl (C=O) groups excluding carboxylic acids is 9. The van der Waals surface area contributed by atoms with Gasteiger partial charge in [-0.2, -0.15) is 0 Å². The Labute approximate surface area is 454 Å². The van der Waals surface area contributed by atoms with Crippen LogP contribution < -0.4 is 21.7 Å². The number of nitrogens with two attached hydrogens (primary N) is 1. The van der Waals surface area contributed by atoms with E-state index in [0.29, 0.717) is 69.5 Å². The number of hydroxylamine groups is 2. The highest BCUT2D eigenvalue weighted by atomic mass is 16.7. The lowest BCUT2D eigenvalue weighted by Gasteiger charge is -2.41. The summed E-state index contributed by atoms with van der Waals surface area (Å²) in [5.74, 6) is -5.59. The maximum atomic E-state index is 14.7. The van der Waals surface area contributed by atoms with Gasteiger partial charge in [0.05, 0.1) is 48.6 Å². The van der Waals surface area contributed by atoms with E-state index >= 15 is 0 Å². The molecule has 3 fully saturated rings. The van der Waals surface area contributed by atoms with Gasteiger partial charge in [-0.05, 0) is 87.9 Å². The molecule has 2 saturated heterocycles. The second-order valence-corrected chi connectivity index (χ2v) is 22.2. The average molecular weight is 1080 g/mol. The van der Waals surface area contributed by atoms with Crippen LogP contribution in [0.15, 0.2) is 30.5 Å². The predicted octanol–water partition coefficient (Wildman–Crippen LogP) is 3.76. The number of hydrogen-bond acceptors (Lipinski definition) is 13. The van der Waals surface area contributed by atoms with Crippen LogP contribution in [0.4, 0.5) is 0 Å². The number of ether oxygens (including phenoxy) is 2. The SMILES string of the molecule is CC[C@H](C)[C@@H]([C@@H](CC(=O)N1CCC[C@H]1[C@H](OC)[C@@H](C)C(=O)N[C@@H](Cc1c[nH]c2ccccc12)C(N)=O)OC)N(C)C(=O)[C@@H](NC(=O)[C@H](C(C)C)N(C)CCCC(=O)N[C@H]1CC[C@H](C(=O)ON2C(=O)CCC2=O)CC1)C(C)C. The number of fused-ring (bicyclic) bond motifs is 1. The number of carbonyl (C=O) groups is 9. The number of primary amides is 1. The highest BCUT2D eigenvalue weighted by molar-refractivity contribution is 6.01. The van der Waals surface area contributed by atoms with Crippen LogP contribution in [0.5, 0.6) is 0 Å². The molecule has 1 aliphatic carbocycles. The van der Waals surface area contributed by atoms with Crippen LogP contribution in [0.1, 0.15) is 131 Å². The van der Waals surface area contributed by atoms with Crippen molar-refractivity contribution in [1.82, 2.24) is 40.7 Å². The molecule has 0 unspecified atom stereocenters. The van der Waals surface area contributed by atoms with E-state index in [1.54, 1.807) is 30.0 Å². The van der Waals surface area contributed by atoms with Crippen molar-refractivity contribution in [1.29, 1.82) is 0 Å². The number of rotatable bonds is 28. The number of likely N-dealkylation sites (N-methyl/N-ethyl adjacent to an activating group) is 2. The Bertz CT molecular complexity index is 2370. The molecule has 3 aliphatic rings. The second-order valence-electron chi connectivity index (χ2n) is 22.2. The van der Waals surface area contributed by atoms with Gasteiger partial charge in [0, 0.05) is 76.6 Å². The monoisotopic (exact) mass is 1080 g/mol. The highest BCUT2D eigenvalue weighted by Crippen LogP contribution is 2.31. The van der Waals surface area contributed by atoms with E-state index in [2.05, 4.69) is 20.9 Å². The summed E-state index contributed by atoms with van der Waals surface area (Å²) in [4.78, 5) is 133. The minimum atomic E-state index is -0.985. The van der Waals surface area contributed by atoms with Gasteiger partial charge >= 0.3 is 5.97 Å². The lowest BCUT2D eigenvalue weighted by Crippen LogP contribution is -2.60. The molecule has 428 valence electrons. The lowest BCUT2D eigenvalue weighted by atomic mass is 9.86. The average Bonchev–Trinajstić information content (AvgIpc) is 4.14. The van der Waals surface area contributed by atoms with Gasteiger partial charge in [0.1, 0.15) is 12.1 Å². The summed E-state index contributed by atoms with van der Waals surface area (Å²) in [5.41, 5.74) is 7.55. The van der Waals surface area contributed by atoms with Crippen molar-refractivity contribution >= 4 is 64.1 Å². The third-order valence-electron chi connectivity index (χ3n) is 16.2. The van der Waals surface area contributed by atoms with Gasteiger partial charge in [-0.3, -0.25) is 43.3 Å². The van der Waals surface area contributed by atoms with Gasteiger partial charge in [-0.25, -0.2) is 4.79 Å². The molecule has 3 heterocycles. The first kappa shape index (κ1) is 61.9. The van der Waals surface area contributed by atoms with Crippen LogP contribution >= 0.6 is 0 Å². The number of aromatic nitrogens is 1. The molecule has 0 bridgehead atoms. The van der Waals surface area contributed by atoms with Gasteiger partial charge in [-0.15, -0.1) is 5.06 Å². The smallest absolute Gasteiger partial charge is 0.336 e. The molecule has 5 rings (SSSR count). The van der Waals surface area contributed by atoms with Crippen molar-refractivity contribution in [2.45, 2.75) is 180 Å². The summed E-state index contributed by atoms with van der Waals surface area (Å²) in [5, 5.41) is 10.5. The molecule has 21 heteroatoms. The summed E-state index contributed by atoms with van der Waals surface area (Å²) in [6, 6.07) is 3.99.